The Morgan fingerprint density at radius 3 is 2.93 bits per heavy atom. The number of carbonyl (C=O) groups excluding carboxylic acids is 2. The summed E-state index contributed by atoms with van der Waals surface area (Å²) in [6.45, 7) is 3.75. The van der Waals surface area contributed by atoms with Gasteiger partial charge in [0.15, 0.2) is 5.13 Å². The lowest BCUT2D eigenvalue weighted by atomic mass is 9.97. The maximum Gasteiger partial charge on any atom is 0.317 e. The number of likely N-dealkylation sites (tertiary alicyclic amines) is 1. The number of nitrogens with one attached hydrogen (secondary N) is 2. The fraction of sp³-hybridized carbons (Fsp3) is 0.476. The van der Waals surface area contributed by atoms with Crippen LogP contribution >= 0.6 is 27.3 Å². The SMILES string of the molecule is O=C(Nc1nccs1)[C@@H]1CCCN(C(=O)NC[C@@H]2CCN(c3cccc(Br)c3)C2)C1. The van der Waals surface area contributed by atoms with E-state index < -0.39 is 0 Å². The highest BCUT2D eigenvalue weighted by atomic mass is 79.9. The molecule has 9 heteroatoms. The normalized spacial score (nSPS) is 21.5. The first-order valence-electron chi connectivity index (χ1n) is 10.3. The highest BCUT2D eigenvalue weighted by Crippen LogP contribution is 2.26. The minimum Gasteiger partial charge on any atom is -0.371 e. The lowest BCUT2D eigenvalue weighted by Crippen LogP contribution is -2.48. The minimum atomic E-state index is -0.188. The third-order valence-corrected chi connectivity index (χ3v) is 6.92. The summed E-state index contributed by atoms with van der Waals surface area (Å²) in [4.78, 5) is 33.4. The number of carbonyl (C=O) groups is 2. The quantitative estimate of drug-likeness (QED) is 0.666. The molecule has 0 aliphatic carbocycles. The number of amides is 3. The molecule has 7 nitrogen and oxygen atoms in total. The van der Waals surface area contributed by atoms with Crippen molar-refractivity contribution in [3.63, 3.8) is 0 Å². The molecule has 0 spiro atoms. The molecule has 3 amide bonds. The summed E-state index contributed by atoms with van der Waals surface area (Å²) < 4.78 is 1.08. The van der Waals surface area contributed by atoms with Gasteiger partial charge in [-0.25, -0.2) is 9.78 Å². The molecule has 4 rings (SSSR count). The van der Waals surface area contributed by atoms with Gasteiger partial charge < -0.3 is 20.4 Å². The van der Waals surface area contributed by atoms with Crippen LogP contribution in [0.2, 0.25) is 0 Å². The van der Waals surface area contributed by atoms with Gasteiger partial charge in [-0.15, -0.1) is 11.3 Å². The Balaban J connectivity index is 1.23. The van der Waals surface area contributed by atoms with Crippen LogP contribution in [-0.2, 0) is 4.79 Å². The van der Waals surface area contributed by atoms with Crippen LogP contribution < -0.4 is 15.5 Å². The second kappa shape index (κ2) is 9.78. The number of hydrogen-bond acceptors (Lipinski definition) is 5. The van der Waals surface area contributed by atoms with Gasteiger partial charge in [0.2, 0.25) is 5.91 Å². The highest BCUT2D eigenvalue weighted by Gasteiger charge is 2.30. The molecule has 2 atom stereocenters. The van der Waals surface area contributed by atoms with Crippen molar-refractivity contribution in [2.45, 2.75) is 19.3 Å². The van der Waals surface area contributed by atoms with Crippen LogP contribution in [0.4, 0.5) is 15.6 Å². The van der Waals surface area contributed by atoms with Gasteiger partial charge in [0.05, 0.1) is 5.92 Å². The first-order chi connectivity index (χ1) is 14.6. The molecule has 1 aromatic heterocycles. The van der Waals surface area contributed by atoms with Crippen molar-refractivity contribution in [1.29, 1.82) is 0 Å². The molecule has 2 N–H and O–H groups in total. The second-order valence-corrected chi connectivity index (χ2v) is 9.69. The largest absolute Gasteiger partial charge is 0.371 e. The molecule has 160 valence electrons. The monoisotopic (exact) mass is 491 g/mol. The van der Waals surface area contributed by atoms with Crippen LogP contribution in [0.15, 0.2) is 40.3 Å². The average molecular weight is 492 g/mol. The maximum absolute atomic E-state index is 12.7. The van der Waals surface area contributed by atoms with E-state index in [9.17, 15) is 9.59 Å². The topological polar surface area (TPSA) is 77.6 Å². The van der Waals surface area contributed by atoms with Crippen molar-refractivity contribution in [2.24, 2.45) is 11.8 Å². The van der Waals surface area contributed by atoms with Gasteiger partial charge in [0.25, 0.3) is 0 Å². The zero-order valence-electron chi connectivity index (χ0n) is 16.7. The van der Waals surface area contributed by atoms with Gasteiger partial charge in [0.1, 0.15) is 0 Å². The predicted molar refractivity (Wildman–Crippen MR) is 123 cm³/mol. The van der Waals surface area contributed by atoms with Gasteiger partial charge in [-0.05, 0) is 43.4 Å². The Labute approximate surface area is 189 Å². The molecule has 0 radical (unpaired) electrons. The van der Waals surface area contributed by atoms with Crippen molar-refractivity contribution >= 4 is 50.0 Å². The number of urea groups is 1. The Morgan fingerprint density at radius 2 is 2.13 bits per heavy atom. The van der Waals surface area contributed by atoms with Crippen molar-refractivity contribution in [3.05, 3.63) is 40.3 Å². The molecule has 2 aliphatic rings. The van der Waals surface area contributed by atoms with E-state index in [-0.39, 0.29) is 17.9 Å². The summed E-state index contributed by atoms with van der Waals surface area (Å²) in [5.41, 5.74) is 1.21. The Hall–Kier alpha value is -2.13. The van der Waals surface area contributed by atoms with E-state index >= 15 is 0 Å². The van der Waals surface area contributed by atoms with Crippen molar-refractivity contribution in [3.8, 4) is 0 Å². The summed E-state index contributed by atoms with van der Waals surface area (Å²) in [6, 6.07) is 8.26. The maximum atomic E-state index is 12.7. The van der Waals surface area contributed by atoms with Crippen LogP contribution in [0.5, 0.6) is 0 Å². The van der Waals surface area contributed by atoms with E-state index in [0.29, 0.717) is 30.7 Å². The lowest BCUT2D eigenvalue weighted by Gasteiger charge is -2.32. The first kappa shape index (κ1) is 21.1. The van der Waals surface area contributed by atoms with Crippen LogP contribution in [0.25, 0.3) is 0 Å². The fourth-order valence-corrected chi connectivity index (χ4v) is 5.04. The third-order valence-electron chi connectivity index (χ3n) is 5.74. The summed E-state index contributed by atoms with van der Waals surface area (Å²) in [6.07, 6.45) is 4.36. The minimum absolute atomic E-state index is 0.0529. The highest BCUT2D eigenvalue weighted by molar-refractivity contribution is 9.10. The average Bonchev–Trinajstić information content (AvgIpc) is 3.44. The van der Waals surface area contributed by atoms with E-state index in [1.807, 2.05) is 17.5 Å². The number of rotatable bonds is 5. The number of thiazole rings is 1. The summed E-state index contributed by atoms with van der Waals surface area (Å²) >= 11 is 4.93. The van der Waals surface area contributed by atoms with Gasteiger partial charge in [-0.2, -0.15) is 0 Å². The summed E-state index contributed by atoms with van der Waals surface area (Å²) in [5.74, 6) is 0.191. The number of aromatic nitrogens is 1. The number of anilines is 2. The first-order valence-corrected chi connectivity index (χ1v) is 12.0. The van der Waals surface area contributed by atoms with Gasteiger partial charge in [0, 0.05) is 54.5 Å². The number of piperidine rings is 1. The zero-order valence-corrected chi connectivity index (χ0v) is 19.1. The molecule has 2 fully saturated rings. The Morgan fingerprint density at radius 1 is 1.23 bits per heavy atom. The lowest BCUT2D eigenvalue weighted by molar-refractivity contribution is -0.121. The molecule has 3 heterocycles. The molecule has 2 aromatic rings. The van der Waals surface area contributed by atoms with E-state index in [1.165, 1.54) is 17.0 Å². The predicted octanol–water partition coefficient (Wildman–Crippen LogP) is 3.79. The van der Waals surface area contributed by atoms with E-state index in [2.05, 4.69) is 48.6 Å². The van der Waals surface area contributed by atoms with E-state index in [1.54, 1.807) is 11.1 Å². The van der Waals surface area contributed by atoms with Crippen molar-refractivity contribution in [2.75, 3.05) is 42.9 Å². The zero-order chi connectivity index (χ0) is 20.9. The van der Waals surface area contributed by atoms with Gasteiger partial charge >= 0.3 is 6.03 Å². The van der Waals surface area contributed by atoms with Gasteiger partial charge in [-0.3, -0.25) is 4.79 Å². The van der Waals surface area contributed by atoms with Crippen molar-refractivity contribution in [1.82, 2.24) is 15.2 Å². The molecule has 0 saturated carbocycles. The number of halogens is 1. The Kier molecular flexibility index (Phi) is 6.89. The Bertz CT molecular complexity index is 878. The van der Waals surface area contributed by atoms with Crippen LogP contribution in [0.1, 0.15) is 19.3 Å². The number of hydrogen-bond donors (Lipinski definition) is 2. The smallest absolute Gasteiger partial charge is 0.317 e. The summed E-state index contributed by atoms with van der Waals surface area (Å²) in [5, 5.41) is 8.38. The molecule has 0 bridgehead atoms. The molecule has 2 saturated heterocycles. The molecule has 0 unspecified atom stereocenters. The molecular weight excluding hydrogens is 466 g/mol. The molecule has 30 heavy (non-hydrogen) atoms. The van der Waals surface area contributed by atoms with E-state index in [0.717, 1.165) is 36.8 Å². The van der Waals surface area contributed by atoms with E-state index in [4.69, 9.17) is 0 Å². The standard InChI is InChI=1S/C21H26BrN5O2S/c22-17-4-1-5-18(11-17)26-9-6-15(13-26)12-24-21(29)27-8-2-3-16(14-27)19(28)25-20-23-7-10-30-20/h1,4-5,7,10-11,15-16H,2-3,6,8-9,12-14H2,(H,24,29)(H,23,25,28)/t15-,16+/m0/s1. The molecular formula is C21H26BrN5O2S. The third kappa shape index (κ3) is 5.31. The molecule has 1 aromatic carbocycles. The molecule has 2 aliphatic heterocycles. The van der Waals surface area contributed by atoms with Gasteiger partial charge in [-0.1, -0.05) is 22.0 Å². The fourth-order valence-electron chi connectivity index (χ4n) is 4.12. The summed E-state index contributed by atoms with van der Waals surface area (Å²) in [7, 11) is 0. The van der Waals surface area contributed by atoms with Crippen LogP contribution in [0.3, 0.4) is 0 Å². The van der Waals surface area contributed by atoms with Crippen LogP contribution in [0, 0.1) is 11.8 Å². The second-order valence-electron chi connectivity index (χ2n) is 7.88. The number of benzene rings is 1. The van der Waals surface area contributed by atoms with Crippen LogP contribution in [-0.4, -0.2) is 54.5 Å². The van der Waals surface area contributed by atoms with Crippen molar-refractivity contribution < 1.29 is 9.59 Å². The number of nitrogens with zero attached hydrogens (tertiary/aromatic N) is 3.